The van der Waals surface area contributed by atoms with Crippen LogP contribution < -0.4 is 15.4 Å². The zero-order valence-corrected chi connectivity index (χ0v) is 26.0. The molecule has 0 saturated carbocycles. The minimum atomic E-state index is -1.82. The molecule has 2 saturated heterocycles. The topological polar surface area (TPSA) is 145 Å². The van der Waals surface area contributed by atoms with Crippen LogP contribution in [-0.2, 0) is 20.8 Å². The molecule has 2 amide bonds. The number of ether oxygens (including phenoxy) is 1. The average Bonchev–Trinajstić information content (AvgIpc) is 3.80. The highest BCUT2D eigenvalue weighted by Gasteiger charge is 2.28. The molecule has 4 N–H and O–H groups in total. The highest BCUT2D eigenvalue weighted by atomic mass is 32.2. The van der Waals surface area contributed by atoms with Crippen LogP contribution in [0.2, 0.25) is 0 Å². The summed E-state index contributed by atoms with van der Waals surface area (Å²) in [6.45, 7) is 4.10. The van der Waals surface area contributed by atoms with Gasteiger partial charge in [0, 0.05) is 27.6 Å². The summed E-state index contributed by atoms with van der Waals surface area (Å²) in [7, 11) is 0. The number of hydrogen-bond donors (Lipinski definition) is 4. The number of likely N-dealkylation sites (tertiary alicyclic amines) is 1. The average molecular weight is 648 g/mol. The van der Waals surface area contributed by atoms with Crippen LogP contribution in [0.15, 0.2) is 72.8 Å². The molecule has 3 aromatic carbocycles. The number of rotatable bonds is 9. The van der Waals surface area contributed by atoms with E-state index in [-0.39, 0.29) is 11.1 Å². The molecule has 0 spiro atoms. The number of thiophene rings is 1. The molecule has 10 nitrogen and oxygen atoms in total. The van der Waals surface area contributed by atoms with Crippen LogP contribution in [0.1, 0.15) is 24.0 Å². The van der Waals surface area contributed by atoms with Gasteiger partial charge in [-0.1, -0.05) is 54.2 Å². The van der Waals surface area contributed by atoms with E-state index in [1.807, 2.05) is 12.1 Å². The monoisotopic (exact) mass is 647 g/mol. The first-order valence-electron chi connectivity index (χ1n) is 14.5. The predicted octanol–water partition coefficient (Wildman–Crippen LogP) is 5.55. The second-order valence-electron chi connectivity index (χ2n) is 10.6. The zero-order valence-electron chi connectivity index (χ0n) is 24.4. The molecule has 0 radical (unpaired) electrons. The largest absolute Gasteiger partial charge is 0.492 e. The van der Waals surface area contributed by atoms with E-state index >= 15 is 0 Å². The van der Waals surface area contributed by atoms with Crippen LogP contribution in [0.4, 0.5) is 10.5 Å². The van der Waals surface area contributed by atoms with E-state index in [2.05, 4.69) is 76.2 Å². The summed E-state index contributed by atoms with van der Waals surface area (Å²) >= 11 is 2.93. The molecule has 2 fully saturated rings. The number of carboxylic acid groups (broad SMARTS) is 2. The van der Waals surface area contributed by atoms with Gasteiger partial charge in [-0.05, 0) is 84.8 Å². The number of nitrogens with one attached hydrogen (secondary N) is 2. The Labute approximate surface area is 268 Å². The Hall–Kier alpha value is -4.39. The lowest BCUT2D eigenvalue weighted by atomic mass is 9.99. The molecule has 2 aliphatic heterocycles. The molecule has 234 valence electrons. The number of aliphatic carboxylic acids is 2. The van der Waals surface area contributed by atoms with Crippen molar-refractivity contribution in [1.29, 1.82) is 0 Å². The van der Waals surface area contributed by atoms with Crippen molar-refractivity contribution in [1.82, 2.24) is 10.2 Å². The van der Waals surface area contributed by atoms with Crippen LogP contribution in [-0.4, -0.2) is 76.2 Å². The van der Waals surface area contributed by atoms with Gasteiger partial charge in [0.05, 0.1) is 0 Å². The number of anilines is 1. The number of thioether (sulfide) groups is 1. The van der Waals surface area contributed by atoms with Gasteiger partial charge in [-0.2, -0.15) is 0 Å². The minimum Gasteiger partial charge on any atom is -0.492 e. The quantitative estimate of drug-likeness (QED) is 0.172. The number of carbonyl (C=O) groups excluding carboxylic acids is 2. The molecule has 6 rings (SSSR count). The summed E-state index contributed by atoms with van der Waals surface area (Å²) in [6.07, 6.45) is 3.43. The highest BCUT2D eigenvalue weighted by molar-refractivity contribution is 8.14. The highest BCUT2D eigenvalue weighted by Crippen LogP contribution is 2.40. The summed E-state index contributed by atoms with van der Waals surface area (Å²) in [5.41, 5.74) is 4.39. The fraction of sp³-hybridized carbons (Fsp3) is 0.273. The van der Waals surface area contributed by atoms with Crippen molar-refractivity contribution in [3.05, 3.63) is 83.9 Å². The van der Waals surface area contributed by atoms with Gasteiger partial charge >= 0.3 is 11.9 Å². The third-order valence-electron chi connectivity index (χ3n) is 7.46. The van der Waals surface area contributed by atoms with Gasteiger partial charge < -0.3 is 25.6 Å². The van der Waals surface area contributed by atoms with Crippen molar-refractivity contribution < 1.29 is 34.1 Å². The van der Waals surface area contributed by atoms with E-state index in [9.17, 15) is 9.59 Å². The maximum absolute atomic E-state index is 12.5. The third kappa shape index (κ3) is 8.62. The SMILES string of the molecule is O=C(O)C(=O)O.O=C1NC(C(=O)Nc2ccc(-c3sc4ccccc4c3Cc3ccc(OCCN4CCCC4)cc3)cc2)CS1. The van der Waals surface area contributed by atoms with Gasteiger partial charge in [0.2, 0.25) is 5.91 Å². The van der Waals surface area contributed by atoms with E-state index in [0.717, 1.165) is 48.3 Å². The molecular weight excluding hydrogens is 615 g/mol. The normalized spacial score (nSPS) is 16.1. The first-order chi connectivity index (χ1) is 21.8. The molecule has 4 aromatic rings. The van der Waals surface area contributed by atoms with Gasteiger partial charge in [-0.25, -0.2) is 9.59 Å². The molecule has 12 heteroatoms. The minimum absolute atomic E-state index is 0.150. The van der Waals surface area contributed by atoms with E-state index in [1.54, 1.807) is 11.3 Å². The fourth-order valence-electron chi connectivity index (χ4n) is 5.17. The fourth-order valence-corrected chi connectivity index (χ4v) is 7.18. The molecular formula is C33H33N3O7S2. The number of amides is 2. The van der Waals surface area contributed by atoms with Crippen LogP contribution in [0, 0.1) is 0 Å². The zero-order chi connectivity index (χ0) is 31.8. The Morgan fingerprint density at radius 3 is 2.27 bits per heavy atom. The molecule has 2 aliphatic rings. The van der Waals surface area contributed by atoms with Crippen molar-refractivity contribution in [2.75, 3.05) is 37.3 Å². The van der Waals surface area contributed by atoms with Crippen molar-refractivity contribution in [3.8, 4) is 16.2 Å². The van der Waals surface area contributed by atoms with Crippen molar-refractivity contribution >= 4 is 62.0 Å². The van der Waals surface area contributed by atoms with Crippen molar-refractivity contribution in [2.45, 2.75) is 25.3 Å². The van der Waals surface area contributed by atoms with Crippen molar-refractivity contribution in [3.63, 3.8) is 0 Å². The van der Waals surface area contributed by atoms with E-state index in [0.29, 0.717) is 5.75 Å². The van der Waals surface area contributed by atoms with Gasteiger partial charge in [0.15, 0.2) is 0 Å². The summed E-state index contributed by atoms with van der Waals surface area (Å²) in [6, 6.07) is 24.5. The second kappa shape index (κ2) is 15.1. The van der Waals surface area contributed by atoms with Gasteiger partial charge in [0.25, 0.3) is 5.24 Å². The first kappa shape index (κ1) is 32.0. The third-order valence-corrected chi connectivity index (χ3v) is 9.61. The lowest BCUT2D eigenvalue weighted by Gasteiger charge is -2.15. The van der Waals surface area contributed by atoms with Crippen LogP contribution in [0.3, 0.4) is 0 Å². The number of fused-ring (bicyclic) bond motifs is 1. The summed E-state index contributed by atoms with van der Waals surface area (Å²) < 4.78 is 7.27. The molecule has 1 aromatic heterocycles. The van der Waals surface area contributed by atoms with E-state index in [4.69, 9.17) is 24.5 Å². The number of carboxylic acids is 2. The molecule has 1 atom stereocenters. The maximum Gasteiger partial charge on any atom is 0.414 e. The summed E-state index contributed by atoms with van der Waals surface area (Å²) in [5.74, 6) is -2.46. The number of carbonyl (C=O) groups is 4. The number of hydrogen-bond acceptors (Lipinski definition) is 8. The Kier molecular flexibility index (Phi) is 10.7. The summed E-state index contributed by atoms with van der Waals surface area (Å²) in [5, 5.41) is 21.5. The van der Waals surface area contributed by atoms with Crippen LogP contribution in [0.25, 0.3) is 20.5 Å². The molecule has 0 bridgehead atoms. The lowest BCUT2D eigenvalue weighted by molar-refractivity contribution is -0.159. The molecule has 45 heavy (non-hydrogen) atoms. The second-order valence-corrected chi connectivity index (χ2v) is 12.6. The van der Waals surface area contributed by atoms with Crippen LogP contribution >= 0.6 is 23.1 Å². The smallest absolute Gasteiger partial charge is 0.414 e. The summed E-state index contributed by atoms with van der Waals surface area (Å²) in [4.78, 5) is 45.8. The van der Waals surface area contributed by atoms with Gasteiger partial charge in [-0.15, -0.1) is 11.3 Å². The van der Waals surface area contributed by atoms with E-state index < -0.39 is 18.0 Å². The van der Waals surface area contributed by atoms with Crippen molar-refractivity contribution in [2.24, 2.45) is 0 Å². The Morgan fingerprint density at radius 1 is 0.933 bits per heavy atom. The van der Waals surface area contributed by atoms with Crippen LogP contribution in [0.5, 0.6) is 5.75 Å². The molecule has 1 unspecified atom stereocenters. The number of nitrogens with zero attached hydrogens (tertiary/aromatic N) is 1. The number of benzene rings is 3. The van der Waals surface area contributed by atoms with E-state index in [1.165, 1.54) is 52.0 Å². The first-order valence-corrected chi connectivity index (χ1v) is 16.3. The van der Waals surface area contributed by atoms with Gasteiger partial charge in [0.1, 0.15) is 18.4 Å². The predicted molar refractivity (Wildman–Crippen MR) is 176 cm³/mol. The lowest BCUT2D eigenvalue weighted by Crippen LogP contribution is -2.38. The van der Waals surface area contributed by atoms with Gasteiger partial charge in [-0.3, -0.25) is 14.5 Å². The Morgan fingerprint density at radius 2 is 1.62 bits per heavy atom. The Bertz CT molecular complexity index is 1650. The molecule has 0 aliphatic carbocycles. The maximum atomic E-state index is 12.5. The standard InChI is InChI=1S/C31H31N3O3S2.C2H2O4/c35-30(27-20-38-31(36)33-27)32-23-11-9-22(10-12-23)29-26(25-5-1-2-6-28(25)39-29)19-21-7-13-24(14-8-21)37-18-17-34-15-3-4-16-34;3-1(4)2(5)6/h1-2,5-14,27H,3-4,15-20H2,(H,32,35)(H,33,36);(H,3,4)(H,5,6). The molecule has 3 heterocycles. The Balaban J connectivity index is 0.000000609.